The minimum atomic E-state index is -0.0674. The Morgan fingerprint density at radius 1 is 1.05 bits per heavy atom. The highest BCUT2D eigenvalue weighted by Gasteiger charge is 2.25. The van der Waals surface area contributed by atoms with E-state index in [-0.39, 0.29) is 5.91 Å². The Kier molecular flexibility index (Phi) is 4.13. The first-order valence-corrected chi connectivity index (χ1v) is 7.82. The Morgan fingerprint density at radius 3 is 2.33 bits per heavy atom. The van der Waals surface area contributed by atoms with Gasteiger partial charge in [-0.25, -0.2) is 0 Å². The molecule has 0 atom stereocenters. The predicted molar refractivity (Wildman–Crippen MR) is 91.4 cm³/mol. The first kappa shape index (κ1) is 14.0. The quantitative estimate of drug-likeness (QED) is 0.642. The van der Waals surface area contributed by atoms with Crippen molar-refractivity contribution in [2.45, 2.75) is 0 Å². The van der Waals surface area contributed by atoms with Gasteiger partial charge >= 0.3 is 0 Å². The Balaban J connectivity index is 1.76. The van der Waals surface area contributed by atoms with Gasteiger partial charge in [-0.05, 0) is 16.7 Å². The van der Waals surface area contributed by atoms with Crippen molar-refractivity contribution in [1.82, 2.24) is 5.01 Å². The third-order valence-corrected chi connectivity index (χ3v) is 4.41. The van der Waals surface area contributed by atoms with Crippen molar-refractivity contribution >= 4 is 40.4 Å². The maximum atomic E-state index is 11.5. The molecule has 104 valence electrons. The number of carbonyl (C=O) groups is 1. The number of rotatable bonds is 3. The molecule has 1 heterocycles. The van der Waals surface area contributed by atoms with Crippen LogP contribution >= 0.6 is 24.0 Å². The smallest absolute Gasteiger partial charge is 0.259 e. The summed E-state index contributed by atoms with van der Waals surface area (Å²) >= 11 is 6.41. The van der Waals surface area contributed by atoms with Crippen LogP contribution in [0.1, 0.15) is 5.56 Å². The number of benzene rings is 2. The summed E-state index contributed by atoms with van der Waals surface area (Å²) in [5.74, 6) is 0.311. The molecular formula is C16H12N2OS2. The van der Waals surface area contributed by atoms with Crippen LogP contribution < -0.4 is 0 Å². The molecule has 0 spiro atoms. The number of hydrogen-bond acceptors (Lipinski definition) is 4. The van der Waals surface area contributed by atoms with E-state index >= 15 is 0 Å². The van der Waals surface area contributed by atoms with Crippen molar-refractivity contribution in [2.75, 3.05) is 5.75 Å². The molecule has 0 radical (unpaired) electrons. The van der Waals surface area contributed by atoms with Gasteiger partial charge in [0.2, 0.25) is 0 Å². The standard InChI is InChI=1S/C16H12N2OS2/c19-15-11-21-16(20)18(15)17-10-12-6-8-14(9-7-12)13-4-2-1-3-5-13/h1-10H,11H2. The molecule has 2 aromatic rings. The van der Waals surface area contributed by atoms with Crippen molar-refractivity contribution in [3.8, 4) is 11.1 Å². The average molecular weight is 312 g/mol. The van der Waals surface area contributed by atoms with Gasteiger partial charge in [-0.15, -0.1) is 0 Å². The molecule has 3 nitrogen and oxygen atoms in total. The molecule has 5 heteroatoms. The first-order valence-electron chi connectivity index (χ1n) is 6.43. The normalized spacial score (nSPS) is 15.1. The summed E-state index contributed by atoms with van der Waals surface area (Å²) in [6.07, 6.45) is 1.66. The molecule has 1 fully saturated rings. The summed E-state index contributed by atoms with van der Waals surface area (Å²) in [4.78, 5) is 11.5. The van der Waals surface area contributed by atoms with E-state index in [0.29, 0.717) is 10.1 Å². The highest BCUT2D eigenvalue weighted by molar-refractivity contribution is 8.23. The lowest BCUT2D eigenvalue weighted by Gasteiger charge is -2.06. The highest BCUT2D eigenvalue weighted by Crippen LogP contribution is 2.20. The van der Waals surface area contributed by atoms with E-state index in [1.54, 1.807) is 6.21 Å². The van der Waals surface area contributed by atoms with Crippen molar-refractivity contribution < 1.29 is 4.79 Å². The van der Waals surface area contributed by atoms with Gasteiger partial charge in [-0.1, -0.05) is 78.6 Å². The largest absolute Gasteiger partial charge is 0.272 e. The van der Waals surface area contributed by atoms with E-state index in [9.17, 15) is 4.79 Å². The molecule has 1 aliphatic heterocycles. The van der Waals surface area contributed by atoms with Crippen LogP contribution in [0.3, 0.4) is 0 Å². The van der Waals surface area contributed by atoms with Crippen LogP contribution in [0.15, 0.2) is 59.7 Å². The molecule has 0 N–H and O–H groups in total. The Hall–Kier alpha value is -1.98. The zero-order chi connectivity index (χ0) is 14.7. The van der Waals surface area contributed by atoms with Crippen LogP contribution in [0.5, 0.6) is 0 Å². The first-order chi connectivity index (χ1) is 10.2. The summed E-state index contributed by atoms with van der Waals surface area (Å²) < 4.78 is 0.511. The zero-order valence-corrected chi connectivity index (χ0v) is 12.7. The average Bonchev–Trinajstić information content (AvgIpc) is 2.85. The predicted octanol–water partition coefficient (Wildman–Crippen LogP) is 3.55. The molecule has 1 amide bonds. The molecule has 21 heavy (non-hydrogen) atoms. The molecule has 1 saturated heterocycles. The number of hydrazone groups is 1. The second-order valence-corrected chi connectivity index (χ2v) is 6.10. The lowest BCUT2D eigenvalue weighted by atomic mass is 10.0. The molecule has 0 saturated carbocycles. The molecule has 3 rings (SSSR count). The summed E-state index contributed by atoms with van der Waals surface area (Å²) in [6.45, 7) is 0. The molecule has 0 aromatic heterocycles. The van der Waals surface area contributed by atoms with Crippen LogP contribution in [0.25, 0.3) is 11.1 Å². The summed E-state index contributed by atoms with van der Waals surface area (Å²) in [7, 11) is 0. The van der Waals surface area contributed by atoms with Crippen LogP contribution in [-0.4, -0.2) is 27.2 Å². The lowest BCUT2D eigenvalue weighted by molar-refractivity contribution is -0.123. The lowest BCUT2D eigenvalue weighted by Crippen LogP contribution is -2.22. The van der Waals surface area contributed by atoms with Crippen molar-refractivity contribution in [1.29, 1.82) is 0 Å². The van der Waals surface area contributed by atoms with Gasteiger partial charge in [0.25, 0.3) is 5.91 Å². The minimum Gasteiger partial charge on any atom is -0.272 e. The van der Waals surface area contributed by atoms with Crippen molar-refractivity contribution in [3.63, 3.8) is 0 Å². The van der Waals surface area contributed by atoms with E-state index < -0.39 is 0 Å². The topological polar surface area (TPSA) is 32.7 Å². The molecule has 0 aliphatic carbocycles. The highest BCUT2D eigenvalue weighted by atomic mass is 32.2. The third kappa shape index (κ3) is 3.20. The fourth-order valence-corrected chi connectivity index (χ4v) is 2.94. The molecule has 1 aliphatic rings. The van der Waals surface area contributed by atoms with Crippen LogP contribution in [-0.2, 0) is 4.79 Å². The van der Waals surface area contributed by atoms with E-state index in [4.69, 9.17) is 12.2 Å². The van der Waals surface area contributed by atoms with Gasteiger partial charge in [-0.2, -0.15) is 10.1 Å². The number of amides is 1. The summed E-state index contributed by atoms with van der Waals surface area (Å²) in [6, 6.07) is 18.2. The number of thioether (sulfide) groups is 1. The van der Waals surface area contributed by atoms with Gasteiger partial charge < -0.3 is 0 Å². The number of nitrogens with zero attached hydrogens (tertiary/aromatic N) is 2. The summed E-state index contributed by atoms with van der Waals surface area (Å²) in [5, 5.41) is 5.44. The Bertz CT molecular complexity index is 680. The second-order valence-electron chi connectivity index (χ2n) is 4.49. The monoisotopic (exact) mass is 312 g/mol. The second kappa shape index (κ2) is 6.20. The van der Waals surface area contributed by atoms with E-state index in [1.807, 2.05) is 42.5 Å². The van der Waals surface area contributed by atoms with E-state index in [0.717, 1.165) is 11.1 Å². The third-order valence-electron chi connectivity index (χ3n) is 3.07. The SMILES string of the molecule is O=C1CSC(=S)N1N=Cc1ccc(-c2ccccc2)cc1. The fourth-order valence-electron chi connectivity index (χ4n) is 1.98. The van der Waals surface area contributed by atoms with Gasteiger partial charge in [0.05, 0.1) is 12.0 Å². The number of hydrogen-bond donors (Lipinski definition) is 0. The zero-order valence-electron chi connectivity index (χ0n) is 11.1. The molecule has 0 unspecified atom stereocenters. The minimum absolute atomic E-state index is 0.0674. The van der Waals surface area contributed by atoms with E-state index in [2.05, 4.69) is 17.2 Å². The molecule has 2 aromatic carbocycles. The van der Waals surface area contributed by atoms with Crippen LogP contribution in [0.2, 0.25) is 0 Å². The van der Waals surface area contributed by atoms with Crippen molar-refractivity contribution in [3.05, 3.63) is 60.2 Å². The Morgan fingerprint density at radius 2 is 1.71 bits per heavy atom. The maximum Gasteiger partial charge on any atom is 0.259 e. The van der Waals surface area contributed by atoms with E-state index in [1.165, 1.54) is 22.3 Å². The number of carbonyl (C=O) groups excluding carboxylic acids is 1. The van der Waals surface area contributed by atoms with Gasteiger partial charge in [0.1, 0.15) is 0 Å². The summed E-state index contributed by atoms with van der Waals surface area (Å²) in [5.41, 5.74) is 3.26. The maximum absolute atomic E-state index is 11.5. The van der Waals surface area contributed by atoms with Gasteiger partial charge in [0, 0.05) is 0 Å². The number of thiocarbonyl (C=S) groups is 1. The van der Waals surface area contributed by atoms with Gasteiger partial charge in [0.15, 0.2) is 4.32 Å². The Labute approximate surface area is 132 Å². The molecular weight excluding hydrogens is 300 g/mol. The fraction of sp³-hybridized carbons (Fsp3) is 0.0625. The van der Waals surface area contributed by atoms with Crippen LogP contribution in [0, 0.1) is 0 Å². The van der Waals surface area contributed by atoms with Gasteiger partial charge in [-0.3, -0.25) is 4.79 Å². The van der Waals surface area contributed by atoms with Crippen molar-refractivity contribution in [2.24, 2.45) is 5.10 Å². The molecule has 0 bridgehead atoms. The van der Waals surface area contributed by atoms with Crippen LogP contribution in [0.4, 0.5) is 0 Å².